The van der Waals surface area contributed by atoms with Crippen LogP contribution in [-0.4, -0.2) is 72.7 Å². The summed E-state index contributed by atoms with van der Waals surface area (Å²) >= 11 is 0. The number of amides is 3. The Morgan fingerprint density at radius 3 is 2.48 bits per heavy atom. The number of benzene rings is 2. The van der Waals surface area contributed by atoms with Gasteiger partial charge in [-0.15, -0.1) is 0 Å². The molecular weight excluding hydrogens is 550 g/mol. The van der Waals surface area contributed by atoms with Crippen LogP contribution in [-0.2, 0) is 31.3 Å². The number of carbonyl (C=O) groups is 3. The highest BCUT2D eigenvalue weighted by Gasteiger charge is 2.66. The van der Waals surface area contributed by atoms with Gasteiger partial charge in [0.15, 0.2) is 13.9 Å². The number of carbonyl (C=O) groups excluding carboxylic acids is 3. The van der Waals surface area contributed by atoms with Crippen LogP contribution in [0.1, 0.15) is 50.2 Å². The normalized spacial score (nSPS) is 29.3. The molecule has 42 heavy (non-hydrogen) atoms. The van der Waals surface area contributed by atoms with E-state index in [1.54, 1.807) is 14.7 Å². The highest BCUT2D eigenvalue weighted by atomic mass is 28.4. The predicted molar refractivity (Wildman–Crippen MR) is 161 cm³/mol. The van der Waals surface area contributed by atoms with Crippen molar-refractivity contribution in [3.63, 3.8) is 0 Å². The first-order chi connectivity index (χ1) is 20.1. The standard InChI is InChI=1S/C32H41N3O6Si/c1-21-30(42(2,3)40)27(18-29(38)34-16-6-8-24(34)20-36)41-32(21)25-9-4-5-10-26(25)35(31(32)39)19-22-12-14-23(15-13-22)33-17-7-11-28(33)37/h4-5,9-10,12-15,21,24,27,30,36,40H,6-8,11,16-20H2,1-3H3/t21-,24+,27+,30-,32+/m1/s1. The third-order valence-electron chi connectivity index (χ3n) is 9.84. The minimum absolute atomic E-state index is 0.0658. The van der Waals surface area contributed by atoms with Crippen LogP contribution in [0.5, 0.6) is 0 Å². The molecule has 4 heterocycles. The number of rotatable bonds is 7. The Morgan fingerprint density at radius 2 is 1.81 bits per heavy atom. The number of ether oxygens (including phenoxy) is 1. The van der Waals surface area contributed by atoms with Gasteiger partial charge in [0.05, 0.1) is 37.4 Å². The molecule has 224 valence electrons. The molecule has 2 aromatic rings. The second kappa shape index (κ2) is 10.9. The van der Waals surface area contributed by atoms with Crippen LogP contribution in [0.2, 0.25) is 18.6 Å². The van der Waals surface area contributed by atoms with Crippen molar-refractivity contribution in [2.75, 3.05) is 29.5 Å². The van der Waals surface area contributed by atoms with E-state index in [0.717, 1.165) is 48.3 Å². The average molecular weight is 592 g/mol. The largest absolute Gasteiger partial charge is 0.432 e. The second-order valence-electron chi connectivity index (χ2n) is 12.9. The fourth-order valence-electron chi connectivity index (χ4n) is 7.92. The molecule has 3 amide bonds. The molecular formula is C32H41N3O6Si. The van der Waals surface area contributed by atoms with Crippen LogP contribution in [0.3, 0.4) is 0 Å². The summed E-state index contributed by atoms with van der Waals surface area (Å²) in [5.74, 6) is -0.495. The summed E-state index contributed by atoms with van der Waals surface area (Å²) in [6.07, 6.45) is 2.50. The van der Waals surface area contributed by atoms with E-state index in [1.807, 2.05) is 68.5 Å². The fourth-order valence-corrected chi connectivity index (χ4v) is 10.5. The van der Waals surface area contributed by atoms with Gasteiger partial charge in [0.2, 0.25) is 11.8 Å². The Kier molecular flexibility index (Phi) is 7.53. The monoisotopic (exact) mass is 591 g/mol. The highest BCUT2D eigenvalue weighted by Crippen LogP contribution is 2.59. The van der Waals surface area contributed by atoms with Crippen LogP contribution in [0, 0.1) is 5.92 Å². The molecule has 4 aliphatic rings. The van der Waals surface area contributed by atoms with Gasteiger partial charge in [0.1, 0.15) is 0 Å². The third kappa shape index (κ3) is 4.69. The number of hydrogen-bond acceptors (Lipinski definition) is 6. The minimum atomic E-state index is -2.90. The molecule has 2 aromatic carbocycles. The number of para-hydroxylation sites is 1. The first-order valence-corrected chi connectivity index (χ1v) is 18.2. The Morgan fingerprint density at radius 1 is 1.07 bits per heavy atom. The highest BCUT2D eigenvalue weighted by molar-refractivity contribution is 6.71. The van der Waals surface area contributed by atoms with E-state index >= 15 is 0 Å². The summed E-state index contributed by atoms with van der Waals surface area (Å²) in [7, 11) is -2.90. The number of anilines is 2. The summed E-state index contributed by atoms with van der Waals surface area (Å²) in [5.41, 5.74) is 1.70. The molecule has 6 rings (SSSR count). The number of aliphatic hydroxyl groups excluding tert-OH is 1. The molecule has 9 nitrogen and oxygen atoms in total. The van der Waals surface area contributed by atoms with Crippen molar-refractivity contribution in [1.29, 1.82) is 0 Å². The topological polar surface area (TPSA) is 111 Å². The number of nitrogens with zero attached hydrogens (tertiary/aromatic N) is 3. The van der Waals surface area contributed by atoms with E-state index in [2.05, 4.69) is 0 Å². The minimum Gasteiger partial charge on any atom is -0.432 e. The predicted octanol–water partition coefficient (Wildman–Crippen LogP) is 3.53. The molecule has 0 unspecified atom stereocenters. The molecule has 0 bridgehead atoms. The third-order valence-corrected chi connectivity index (χ3v) is 12.3. The first-order valence-electron chi connectivity index (χ1n) is 15.2. The van der Waals surface area contributed by atoms with Gasteiger partial charge >= 0.3 is 0 Å². The molecule has 0 radical (unpaired) electrons. The van der Waals surface area contributed by atoms with Gasteiger partial charge in [0, 0.05) is 42.2 Å². The van der Waals surface area contributed by atoms with Crippen LogP contribution in [0.15, 0.2) is 48.5 Å². The molecule has 0 aromatic heterocycles. The van der Waals surface area contributed by atoms with E-state index in [1.165, 1.54) is 0 Å². The van der Waals surface area contributed by atoms with E-state index in [0.29, 0.717) is 19.5 Å². The maximum absolute atomic E-state index is 14.5. The molecule has 3 saturated heterocycles. The number of fused-ring (bicyclic) bond motifs is 2. The van der Waals surface area contributed by atoms with Crippen molar-refractivity contribution >= 4 is 37.4 Å². The summed E-state index contributed by atoms with van der Waals surface area (Å²) < 4.78 is 6.79. The summed E-state index contributed by atoms with van der Waals surface area (Å²) in [6, 6.07) is 15.3. The van der Waals surface area contributed by atoms with Crippen molar-refractivity contribution in [3.8, 4) is 0 Å². The van der Waals surface area contributed by atoms with Gasteiger partial charge in [0.25, 0.3) is 5.91 Å². The van der Waals surface area contributed by atoms with Crippen molar-refractivity contribution in [3.05, 3.63) is 59.7 Å². The molecule has 3 fully saturated rings. The summed E-state index contributed by atoms with van der Waals surface area (Å²) in [4.78, 5) is 57.0. The number of likely N-dealkylation sites (tertiary alicyclic amines) is 1. The Hall–Kier alpha value is -3.05. The Labute approximate surface area is 248 Å². The van der Waals surface area contributed by atoms with E-state index in [9.17, 15) is 24.3 Å². The van der Waals surface area contributed by atoms with E-state index in [4.69, 9.17) is 4.74 Å². The van der Waals surface area contributed by atoms with Gasteiger partial charge in [-0.2, -0.15) is 0 Å². The molecule has 5 atom stereocenters. The maximum Gasteiger partial charge on any atom is 0.264 e. The van der Waals surface area contributed by atoms with Crippen molar-refractivity contribution in [2.24, 2.45) is 5.92 Å². The lowest BCUT2D eigenvalue weighted by Gasteiger charge is -2.32. The smallest absolute Gasteiger partial charge is 0.264 e. The van der Waals surface area contributed by atoms with Gasteiger partial charge in [-0.25, -0.2) is 0 Å². The maximum atomic E-state index is 14.5. The summed E-state index contributed by atoms with van der Waals surface area (Å²) in [6.45, 7) is 7.28. The van der Waals surface area contributed by atoms with Crippen LogP contribution in [0.25, 0.3) is 0 Å². The number of aliphatic hydroxyl groups is 1. The van der Waals surface area contributed by atoms with E-state index in [-0.39, 0.29) is 48.3 Å². The number of hydrogen-bond donors (Lipinski definition) is 2. The molecule has 10 heteroatoms. The van der Waals surface area contributed by atoms with Crippen LogP contribution < -0.4 is 9.80 Å². The van der Waals surface area contributed by atoms with Gasteiger partial charge < -0.3 is 29.3 Å². The zero-order valence-corrected chi connectivity index (χ0v) is 25.7. The van der Waals surface area contributed by atoms with Gasteiger partial charge in [-0.1, -0.05) is 37.3 Å². The van der Waals surface area contributed by atoms with Gasteiger partial charge in [-0.05, 0) is 56.1 Å². The molecule has 0 saturated carbocycles. The van der Waals surface area contributed by atoms with Crippen LogP contribution >= 0.6 is 0 Å². The molecule has 1 spiro atoms. The molecule has 4 aliphatic heterocycles. The molecule has 0 aliphatic carbocycles. The SMILES string of the molecule is C[C@@H]1[C@@H]([Si](C)(C)O)[C@H](CC(=O)N2CCC[C@H]2CO)O[C@@]12C(=O)N(Cc1ccc(N3CCCC3=O)cc1)c1ccccc12. The zero-order valence-electron chi connectivity index (χ0n) is 24.7. The molecule has 2 N–H and O–H groups in total. The summed E-state index contributed by atoms with van der Waals surface area (Å²) in [5, 5.41) is 9.79. The Balaban J connectivity index is 1.30. The van der Waals surface area contributed by atoms with E-state index < -0.39 is 20.0 Å². The zero-order chi connectivity index (χ0) is 29.8. The van der Waals surface area contributed by atoms with Crippen molar-refractivity contribution < 1.29 is 29.0 Å². The van der Waals surface area contributed by atoms with Crippen LogP contribution in [0.4, 0.5) is 11.4 Å². The lowest BCUT2D eigenvalue weighted by Crippen LogP contribution is -2.46. The first kappa shape index (κ1) is 29.0. The lowest BCUT2D eigenvalue weighted by molar-refractivity contribution is -0.150. The van der Waals surface area contributed by atoms with Crippen molar-refractivity contribution in [1.82, 2.24) is 4.90 Å². The second-order valence-corrected chi connectivity index (χ2v) is 16.8. The quantitative estimate of drug-likeness (QED) is 0.477. The average Bonchev–Trinajstić information content (AvgIpc) is 3.72. The van der Waals surface area contributed by atoms with Gasteiger partial charge in [-0.3, -0.25) is 14.4 Å². The Bertz CT molecular complexity index is 1380. The fraction of sp³-hybridized carbons (Fsp3) is 0.531. The van der Waals surface area contributed by atoms with Crippen molar-refractivity contribution in [2.45, 2.75) is 82.0 Å². The lowest BCUT2D eigenvalue weighted by atomic mass is 9.82.